The molecule has 1 aliphatic rings. The van der Waals surface area contributed by atoms with Crippen LogP contribution in [-0.2, 0) is 10.9 Å². The minimum atomic E-state index is -4.38. The van der Waals surface area contributed by atoms with E-state index in [-0.39, 0.29) is 12.5 Å². The van der Waals surface area contributed by atoms with Crippen LogP contribution in [0.3, 0.4) is 0 Å². The van der Waals surface area contributed by atoms with Crippen LogP contribution in [0, 0.1) is 0 Å². The molecule has 0 aromatic heterocycles. The van der Waals surface area contributed by atoms with Crippen molar-refractivity contribution in [1.82, 2.24) is 4.90 Å². The molecule has 0 saturated carbocycles. The molecule has 4 nitrogen and oxygen atoms in total. The zero-order chi connectivity index (χ0) is 19.6. The Morgan fingerprint density at radius 3 is 2.56 bits per heavy atom. The van der Waals surface area contributed by atoms with E-state index in [0.717, 1.165) is 12.1 Å². The fraction of sp³-hybridized carbons (Fsp3) is 0.316. The maximum atomic E-state index is 12.9. The molecular weight excluding hydrogens is 427 g/mol. The number of carbonyl (C=O) groups excluding carboxylic acids is 1. The van der Waals surface area contributed by atoms with Crippen molar-refractivity contribution in [3.63, 3.8) is 0 Å². The Hall–Kier alpha value is -2.06. The van der Waals surface area contributed by atoms with Crippen LogP contribution >= 0.6 is 15.9 Å². The van der Waals surface area contributed by atoms with Gasteiger partial charge in [-0.1, -0.05) is 12.1 Å². The number of rotatable bonds is 3. The van der Waals surface area contributed by atoms with Crippen molar-refractivity contribution in [3.05, 3.63) is 63.6 Å². The summed E-state index contributed by atoms with van der Waals surface area (Å²) in [5.41, 5.74) is 0.350. The smallest absolute Gasteiger partial charge is 0.416 e. The second-order valence-electron chi connectivity index (χ2n) is 6.08. The molecule has 3 rings (SSSR count). The Bertz CT molecular complexity index is 824. The number of amides is 1. The van der Waals surface area contributed by atoms with E-state index < -0.39 is 17.8 Å². The van der Waals surface area contributed by atoms with Gasteiger partial charge in [-0.3, -0.25) is 4.79 Å². The van der Waals surface area contributed by atoms with Gasteiger partial charge in [-0.2, -0.15) is 13.2 Å². The van der Waals surface area contributed by atoms with Crippen LogP contribution in [0.25, 0.3) is 0 Å². The van der Waals surface area contributed by atoms with E-state index in [0.29, 0.717) is 34.5 Å². The summed E-state index contributed by atoms with van der Waals surface area (Å²) in [4.78, 5) is 14.5. The number of morpholine rings is 1. The van der Waals surface area contributed by atoms with Crippen molar-refractivity contribution in [3.8, 4) is 5.75 Å². The van der Waals surface area contributed by atoms with E-state index in [2.05, 4.69) is 15.9 Å². The Labute approximate surface area is 163 Å². The van der Waals surface area contributed by atoms with Crippen molar-refractivity contribution in [2.75, 3.05) is 26.8 Å². The summed E-state index contributed by atoms with van der Waals surface area (Å²) in [7, 11) is 1.52. The number of carbonyl (C=O) groups is 1. The highest BCUT2D eigenvalue weighted by molar-refractivity contribution is 9.10. The van der Waals surface area contributed by atoms with E-state index in [4.69, 9.17) is 9.47 Å². The van der Waals surface area contributed by atoms with Gasteiger partial charge in [0.1, 0.15) is 11.9 Å². The van der Waals surface area contributed by atoms with Crippen LogP contribution in [0.2, 0.25) is 0 Å². The molecule has 1 fully saturated rings. The van der Waals surface area contributed by atoms with Crippen LogP contribution in [0.5, 0.6) is 5.75 Å². The average molecular weight is 444 g/mol. The maximum Gasteiger partial charge on any atom is 0.416 e. The molecule has 0 aliphatic carbocycles. The summed E-state index contributed by atoms with van der Waals surface area (Å²) in [5, 5.41) is 0. The number of halogens is 4. The highest BCUT2D eigenvalue weighted by atomic mass is 79.9. The van der Waals surface area contributed by atoms with E-state index >= 15 is 0 Å². The summed E-state index contributed by atoms with van der Waals surface area (Å²) in [6.45, 7) is 0.965. The quantitative estimate of drug-likeness (QED) is 0.690. The van der Waals surface area contributed by atoms with Crippen LogP contribution in [0.1, 0.15) is 27.6 Å². The van der Waals surface area contributed by atoms with Gasteiger partial charge in [0.15, 0.2) is 0 Å². The SMILES string of the molecule is COc1ccc(Br)c(C(=O)N2CCO[C@@H](c3ccc(C(F)(F)F)cc3)C2)c1. The molecule has 144 valence electrons. The van der Waals surface area contributed by atoms with Gasteiger partial charge in [0.25, 0.3) is 5.91 Å². The molecule has 2 aromatic rings. The number of hydrogen-bond donors (Lipinski definition) is 0. The van der Waals surface area contributed by atoms with E-state index in [1.165, 1.54) is 19.2 Å². The number of benzene rings is 2. The van der Waals surface area contributed by atoms with Crippen LogP contribution < -0.4 is 4.74 Å². The fourth-order valence-electron chi connectivity index (χ4n) is 2.89. The lowest BCUT2D eigenvalue weighted by Crippen LogP contribution is -2.42. The van der Waals surface area contributed by atoms with Gasteiger partial charge in [0, 0.05) is 11.0 Å². The maximum absolute atomic E-state index is 12.9. The topological polar surface area (TPSA) is 38.8 Å². The molecule has 0 unspecified atom stereocenters. The number of nitrogens with zero attached hydrogens (tertiary/aromatic N) is 1. The van der Waals surface area contributed by atoms with Gasteiger partial charge in [0.2, 0.25) is 0 Å². The molecule has 27 heavy (non-hydrogen) atoms. The highest BCUT2D eigenvalue weighted by Crippen LogP contribution is 2.32. The first kappa shape index (κ1) is 19.7. The largest absolute Gasteiger partial charge is 0.497 e. The Kier molecular flexibility index (Phi) is 5.76. The van der Waals surface area contributed by atoms with Crippen LogP contribution in [0.15, 0.2) is 46.9 Å². The lowest BCUT2D eigenvalue weighted by atomic mass is 10.0. The molecule has 2 aromatic carbocycles. The van der Waals surface area contributed by atoms with Gasteiger partial charge in [-0.05, 0) is 51.8 Å². The Morgan fingerprint density at radius 1 is 1.22 bits per heavy atom. The Morgan fingerprint density at radius 2 is 1.93 bits per heavy atom. The second kappa shape index (κ2) is 7.90. The van der Waals surface area contributed by atoms with Crippen molar-refractivity contribution in [1.29, 1.82) is 0 Å². The summed E-state index contributed by atoms with van der Waals surface area (Å²) >= 11 is 3.37. The zero-order valence-electron chi connectivity index (χ0n) is 14.4. The van der Waals surface area contributed by atoms with Crippen molar-refractivity contribution < 1.29 is 27.4 Å². The first-order valence-electron chi connectivity index (χ1n) is 8.21. The molecule has 0 radical (unpaired) electrons. The molecule has 0 N–H and O–H groups in total. The van der Waals surface area contributed by atoms with Gasteiger partial charge in [-0.25, -0.2) is 0 Å². The third kappa shape index (κ3) is 4.44. The molecule has 0 spiro atoms. The standard InChI is InChI=1S/C19H17BrF3NO3/c1-26-14-6-7-16(20)15(10-14)18(25)24-8-9-27-17(11-24)12-2-4-13(5-3-12)19(21,22)23/h2-7,10,17H,8-9,11H2,1H3/t17-/m1/s1. The molecule has 8 heteroatoms. The predicted molar refractivity (Wildman–Crippen MR) is 96.7 cm³/mol. The van der Waals surface area contributed by atoms with Crippen molar-refractivity contribution in [2.45, 2.75) is 12.3 Å². The summed E-state index contributed by atoms with van der Waals surface area (Å²) in [5.74, 6) is 0.370. The minimum absolute atomic E-state index is 0.194. The van der Waals surface area contributed by atoms with Gasteiger partial charge >= 0.3 is 6.18 Å². The number of hydrogen-bond acceptors (Lipinski definition) is 3. The molecule has 0 bridgehead atoms. The summed E-state index contributed by atoms with van der Waals surface area (Å²) in [6, 6.07) is 9.96. The van der Waals surface area contributed by atoms with Crippen molar-refractivity contribution in [2.24, 2.45) is 0 Å². The van der Waals surface area contributed by atoms with Gasteiger partial charge < -0.3 is 14.4 Å². The van der Waals surface area contributed by atoms with Crippen molar-refractivity contribution >= 4 is 21.8 Å². The average Bonchev–Trinajstić information content (AvgIpc) is 2.67. The van der Waals surface area contributed by atoms with Gasteiger partial charge in [-0.15, -0.1) is 0 Å². The third-order valence-electron chi connectivity index (χ3n) is 4.37. The van der Waals surface area contributed by atoms with Crippen LogP contribution in [0.4, 0.5) is 13.2 Å². The number of ether oxygens (including phenoxy) is 2. The van der Waals surface area contributed by atoms with E-state index in [1.807, 2.05) is 0 Å². The van der Waals surface area contributed by atoms with Gasteiger partial charge in [0.05, 0.1) is 31.4 Å². The number of alkyl halides is 3. The molecule has 1 atom stereocenters. The lowest BCUT2D eigenvalue weighted by molar-refractivity contribution is -0.137. The molecule has 1 saturated heterocycles. The second-order valence-corrected chi connectivity index (χ2v) is 6.93. The monoisotopic (exact) mass is 443 g/mol. The predicted octanol–water partition coefficient (Wildman–Crippen LogP) is 4.69. The van der Waals surface area contributed by atoms with Crippen LogP contribution in [-0.4, -0.2) is 37.6 Å². The summed E-state index contributed by atoms with van der Waals surface area (Å²) in [6.07, 6.45) is -4.86. The first-order chi connectivity index (χ1) is 12.8. The normalized spacial score (nSPS) is 17.7. The molecule has 1 aliphatic heterocycles. The molecule has 1 heterocycles. The first-order valence-corrected chi connectivity index (χ1v) is 9.00. The Balaban J connectivity index is 1.77. The highest BCUT2D eigenvalue weighted by Gasteiger charge is 2.31. The number of methoxy groups -OCH3 is 1. The zero-order valence-corrected chi connectivity index (χ0v) is 16.0. The molecule has 1 amide bonds. The molecular formula is C19H17BrF3NO3. The third-order valence-corrected chi connectivity index (χ3v) is 5.06. The lowest BCUT2D eigenvalue weighted by Gasteiger charge is -2.33. The minimum Gasteiger partial charge on any atom is -0.497 e. The summed E-state index contributed by atoms with van der Waals surface area (Å²) < 4.78 is 49.6. The fourth-order valence-corrected chi connectivity index (χ4v) is 3.30. The van der Waals surface area contributed by atoms with E-state index in [1.54, 1.807) is 23.1 Å². The van der Waals surface area contributed by atoms with E-state index in [9.17, 15) is 18.0 Å².